The van der Waals surface area contributed by atoms with Gasteiger partial charge in [-0.2, -0.15) is 0 Å². The second-order valence-electron chi connectivity index (χ2n) is 4.14. The van der Waals surface area contributed by atoms with Crippen molar-refractivity contribution in [3.05, 3.63) is 34.8 Å². The van der Waals surface area contributed by atoms with Crippen molar-refractivity contribution in [2.45, 2.75) is 25.7 Å². The molecule has 3 nitrogen and oxygen atoms in total. The highest BCUT2D eigenvalue weighted by Gasteiger charge is 2.39. The summed E-state index contributed by atoms with van der Waals surface area (Å²) in [5.74, 6) is 0.815. The van der Waals surface area contributed by atoms with Gasteiger partial charge in [-0.05, 0) is 26.0 Å². The Labute approximate surface area is 105 Å². The normalized spacial score (nSPS) is 23.5. The molecule has 0 spiro atoms. The standard InChI is InChI=1S/C11H13Cl2NO2/c1-11(2)14(7-10(12)13)6-9(16-11)8-4-3-5-15-8/h3-5,7,9H,6H2,1-2H3. The molecule has 0 bridgehead atoms. The van der Waals surface area contributed by atoms with Crippen LogP contribution >= 0.6 is 23.2 Å². The fraction of sp³-hybridized carbons (Fsp3) is 0.455. The van der Waals surface area contributed by atoms with Crippen LogP contribution in [0.3, 0.4) is 0 Å². The molecule has 0 N–H and O–H groups in total. The Hall–Kier alpha value is -0.640. The molecule has 1 saturated heterocycles. The SMILES string of the molecule is CC1(C)OC(c2ccco2)CN1C=C(Cl)Cl. The molecule has 1 aromatic rings. The van der Waals surface area contributed by atoms with E-state index >= 15 is 0 Å². The third-order valence-electron chi connectivity index (χ3n) is 2.60. The van der Waals surface area contributed by atoms with Gasteiger partial charge in [0, 0.05) is 6.20 Å². The van der Waals surface area contributed by atoms with E-state index < -0.39 is 5.72 Å². The van der Waals surface area contributed by atoms with Gasteiger partial charge in [-0.3, -0.25) is 0 Å². The predicted molar refractivity (Wildman–Crippen MR) is 63.1 cm³/mol. The van der Waals surface area contributed by atoms with E-state index in [4.69, 9.17) is 32.4 Å². The summed E-state index contributed by atoms with van der Waals surface area (Å²) < 4.78 is 11.4. The van der Waals surface area contributed by atoms with E-state index in [2.05, 4.69) is 0 Å². The Morgan fingerprint density at radius 2 is 2.31 bits per heavy atom. The average molecular weight is 262 g/mol. The Balaban J connectivity index is 2.17. The number of hydrogen-bond acceptors (Lipinski definition) is 3. The zero-order valence-corrected chi connectivity index (χ0v) is 10.6. The van der Waals surface area contributed by atoms with Crippen molar-refractivity contribution in [1.29, 1.82) is 0 Å². The summed E-state index contributed by atoms with van der Waals surface area (Å²) in [5, 5.41) is 0. The van der Waals surface area contributed by atoms with Gasteiger partial charge in [-0.1, -0.05) is 23.2 Å². The first-order chi connectivity index (χ1) is 7.49. The molecule has 0 saturated carbocycles. The van der Waals surface area contributed by atoms with Crippen molar-refractivity contribution in [2.24, 2.45) is 0 Å². The molecule has 1 fully saturated rings. The molecule has 2 rings (SSSR count). The highest BCUT2D eigenvalue weighted by atomic mass is 35.5. The topological polar surface area (TPSA) is 25.6 Å². The number of furan rings is 1. The molecule has 1 aliphatic heterocycles. The lowest BCUT2D eigenvalue weighted by molar-refractivity contribution is -0.0665. The lowest BCUT2D eigenvalue weighted by Gasteiger charge is -2.28. The maximum Gasteiger partial charge on any atom is 0.136 e. The van der Waals surface area contributed by atoms with Crippen molar-refractivity contribution >= 4 is 23.2 Å². The van der Waals surface area contributed by atoms with E-state index in [1.54, 1.807) is 12.5 Å². The molecule has 1 aliphatic rings. The molecule has 1 unspecified atom stereocenters. The summed E-state index contributed by atoms with van der Waals surface area (Å²) in [6.45, 7) is 4.59. The first-order valence-electron chi connectivity index (χ1n) is 5.00. The van der Waals surface area contributed by atoms with Crippen LogP contribution in [0.1, 0.15) is 25.7 Å². The number of halogens is 2. The van der Waals surface area contributed by atoms with E-state index in [1.165, 1.54) is 0 Å². The van der Waals surface area contributed by atoms with Gasteiger partial charge in [0.1, 0.15) is 22.1 Å². The minimum absolute atomic E-state index is 0.0890. The van der Waals surface area contributed by atoms with Crippen LogP contribution in [0.15, 0.2) is 33.5 Å². The van der Waals surface area contributed by atoms with Crippen LogP contribution in [0.2, 0.25) is 0 Å². The third kappa shape index (κ3) is 2.37. The van der Waals surface area contributed by atoms with Gasteiger partial charge in [0.05, 0.1) is 12.8 Å². The fourth-order valence-corrected chi connectivity index (χ4v) is 2.04. The quantitative estimate of drug-likeness (QED) is 0.813. The second kappa shape index (κ2) is 4.32. The number of ether oxygens (including phenoxy) is 1. The summed E-state index contributed by atoms with van der Waals surface area (Å²) in [6.07, 6.45) is 3.22. The van der Waals surface area contributed by atoms with Crippen LogP contribution in [0, 0.1) is 0 Å². The Bertz CT molecular complexity index is 383. The summed E-state index contributed by atoms with van der Waals surface area (Å²) in [7, 11) is 0. The Kier molecular flexibility index (Phi) is 3.19. The molecule has 88 valence electrons. The van der Waals surface area contributed by atoms with Crippen LogP contribution < -0.4 is 0 Å². The maximum atomic E-state index is 5.88. The van der Waals surface area contributed by atoms with Gasteiger partial charge >= 0.3 is 0 Å². The molecular formula is C11H13Cl2NO2. The van der Waals surface area contributed by atoms with Crippen molar-refractivity contribution in [1.82, 2.24) is 4.90 Å². The zero-order valence-electron chi connectivity index (χ0n) is 9.11. The lowest BCUT2D eigenvalue weighted by Crippen LogP contribution is -2.35. The molecule has 2 heterocycles. The van der Waals surface area contributed by atoms with Crippen LogP contribution in [-0.4, -0.2) is 17.2 Å². The van der Waals surface area contributed by atoms with Crippen LogP contribution in [-0.2, 0) is 4.74 Å². The number of hydrogen-bond donors (Lipinski definition) is 0. The summed E-state index contributed by atoms with van der Waals surface area (Å²) in [4.78, 5) is 1.95. The zero-order chi connectivity index (χ0) is 11.8. The van der Waals surface area contributed by atoms with Crippen molar-refractivity contribution in [3.8, 4) is 0 Å². The lowest BCUT2D eigenvalue weighted by atomic mass is 10.2. The smallest absolute Gasteiger partial charge is 0.136 e. The van der Waals surface area contributed by atoms with E-state index in [0.29, 0.717) is 6.54 Å². The highest BCUT2D eigenvalue weighted by molar-refractivity contribution is 6.55. The summed E-state index contributed by atoms with van der Waals surface area (Å²) >= 11 is 11.3. The van der Waals surface area contributed by atoms with Crippen LogP contribution in [0.4, 0.5) is 0 Å². The first-order valence-corrected chi connectivity index (χ1v) is 5.75. The predicted octanol–water partition coefficient (Wildman–Crippen LogP) is 3.67. The largest absolute Gasteiger partial charge is 0.467 e. The fourth-order valence-electron chi connectivity index (χ4n) is 1.80. The van der Waals surface area contributed by atoms with Gasteiger partial charge in [0.25, 0.3) is 0 Å². The minimum Gasteiger partial charge on any atom is -0.467 e. The molecule has 5 heteroatoms. The van der Waals surface area contributed by atoms with Crippen molar-refractivity contribution < 1.29 is 9.15 Å². The molecule has 0 radical (unpaired) electrons. The Morgan fingerprint density at radius 3 is 2.88 bits per heavy atom. The molecule has 0 amide bonds. The van der Waals surface area contributed by atoms with Crippen LogP contribution in [0.25, 0.3) is 0 Å². The monoisotopic (exact) mass is 261 g/mol. The third-order valence-corrected chi connectivity index (χ3v) is 2.79. The van der Waals surface area contributed by atoms with Crippen molar-refractivity contribution in [2.75, 3.05) is 6.54 Å². The minimum atomic E-state index is -0.438. The molecule has 1 atom stereocenters. The van der Waals surface area contributed by atoms with Gasteiger partial charge in [-0.25, -0.2) is 0 Å². The van der Waals surface area contributed by atoms with E-state index in [0.717, 1.165) is 5.76 Å². The van der Waals surface area contributed by atoms with E-state index in [9.17, 15) is 0 Å². The van der Waals surface area contributed by atoms with Gasteiger partial charge in [0.15, 0.2) is 0 Å². The molecule has 16 heavy (non-hydrogen) atoms. The molecule has 0 aromatic carbocycles. The molecular weight excluding hydrogens is 249 g/mol. The first kappa shape index (κ1) is 11.8. The van der Waals surface area contributed by atoms with Gasteiger partial charge in [-0.15, -0.1) is 0 Å². The maximum absolute atomic E-state index is 5.88. The van der Waals surface area contributed by atoms with Gasteiger partial charge in [0.2, 0.25) is 0 Å². The number of nitrogens with zero attached hydrogens (tertiary/aromatic N) is 1. The van der Waals surface area contributed by atoms with Crippen LogP contribution in [0.5, 0.6) is 0 Å². The average Bonchev–Trinajstić information content (AvgIpc) is 2.73. The Morgan fingerprint density at radius 1 is 1.56 bits per heavy atom. The van der Waals surface area contributed by atoms with Crippen molar-refractivity contribution in [3.63, 3.8) is 0 Å². The highest BCUT2D eigenvalue weighted by Crippen LogP contribution is 2.36. The van der Waals surface area contributed by atoms with E-state index in [1.807, 2.05) is 30.9 Å². The summed E-state index contributed by atoms with van der Waals surface area (Å²) in [5.41, 5.74) is -0.438. The molecule has 0 aliphatic carbocycles. The van der Waals surface area contributed by atoms with Gasteiger partial charge < -0.3 is 14.1 Å². The summed E-state index contributed by atoms with van der Waals surface area (Å²) in [6, 6.07) is 3.75. The second-order valence-corrected chi connectivity index (χ2v) is 5.15. The van der Waals surface area contributed by atoms with E-state index in [-0.39, 0.29) is 10.6 Å². The molecule has 1 aromatic heterocycles. The number of rotatable bonds is 2.